The quantitative estimate of drug-likeness (QED) is 0.220. The number of esters is 1. The minimum atomic E-state index is -0.377. The van der Waals surface area contributed by atoms with Crippen molar-refractivity contribution in [3.8, 4) is 16.8 Å². The van der Waals surface area contributed by atoms with Gasteiger partial charge in [-0.3, -0.25) is 4.79 Å². The molecule has 0 N–H and O–H groups in total. The smallest absolute Gasteiger partial charge is 0.318 e. The Morgan fingerprint density at radius 1 is 1.10 bits per heavy atom. The maximum atomic E-state index is 12.0. The summed E-state index contributed by atoms with van der Waals surface area (Å²) in [6.07, 6.45) is 3.61. The molecular formula is C22H18BrN3O2S. The average Bonchev–Trinajstić information content (AvgIpc) is 3.15. The van der Waals surface area contributed by atoms with E-state index in [2.05, 4.69) is 48.8 Å². The van der Waals surface area contributed by atoms with Crippen LogP contribution in [0.1, 0.15) is 6.92 Å². The molecule has 29 heavy (non-hydrogen) atoms. The number of fused-ring (bicyclic) bond motifs is 1. The summed E-state index contributed by atoms with van der Waals surface area (Å²) in [5, 5.41) is 1.29. The summed E-state index contributed by atoms with van der Waals surface area (Å²) in [6, 6.07) is 18.2. The summed E-state index contributed by atoms with van der Waals surface area (Å²) >= 11 is 4.87. The van der Waals surface area contributed by atoms with Crippen LogP contribution in [0.5, 0.6) is 0 Å². The van der Waals surface area contributed by atoms with Gasteiger partial charge in [0.2, 0.25) is 0 Å². The van der Waals surface area contributed by atoms with Gasteiger partial charge in [-0.15, -0.1) is 0 Å². The van der Waals surface area contributed by atoms with Gasteiger partial charge >= 0.3 is 5.97 Å². The van der Waals surface area contributed by atoms with Crippen LogP contribution in [-0.2, 0) is 9.53 Å². The molecule has 146 valence electrons. The van der Waals surface area contributed by atoms with Gasteiger partial charge in [-0.25, -0.2) is 9.97 Å². The van der Waals surface area contributed by atoms with Crippen molar-refractivity contribution in [2.24, 2.45) is 0 Å². The number of ether oxygens (including phenoxy) is 1. The van der Waals surface area contributed by atoms with Crippen molar-refractivity contribution in [2.75, 3.05) is 7.11 Å². The van der Waals surface area contributed by atoms with Crippen LogP contribution in [0.25, 0.3) is 27.8 Å². The van der Waals surface area contributed by atoms with Gasteiger partial charge < -0.3 is 9.30 Å². The number of halogens is 1. The molecule has 0 aliphatic rings. The molecule has 0 fully saturated rings. The Balaban J connectivity index is 1.94. The maximum absolute atomic E-state index is 12.0. The van der Waals surface area contributed by atoms with Crippen molar-refractivity contribution in [3.63, 3.8) is 0 Å². The molecule has 0 bridgehead atoms. The maximum Gasteiger partial charge on any atom is 0.318 e. The highest BCUT2D eigenvalue weighted by Gasteiger charge is 2.22. The van der Waals surface area contributed by atoms with E-state index in [0.717, 1.165) is 37.3 Å². The van der Waals surface area contributed by atoms with Crippen molar-refractivity contribution in [1.29, 1.82) is 0 Å². The number of hydrogen-bond acceptors (Lipinski definition) is 5. The second kappa shape index (κ2) is 8.39. The van der Waals surface area contributed by atoms with Crippen LogP contribution in [0, 0.1) is 0 Å². The summed E-state index contributed by atoms with van der Waals surface area (Å²) in [7, 11) is 1.40. The van der Waals surface area contributed by atoms with Gasteiger partial charge in [0, 0.05) is 21.9 Å². The van der Waals surface area contributed by atoms with Gasteiger partial charge in [-0.2, -0.15) is 0 Å². The lowest BCUT2D eigenvalue weighted by molar-refractivity contribution is -0.139. The molecule has 0 aliphatic heterocycles. The number of nitrogens with zero attached hydrogens (tertiary/aromatic N) is 3. The number of hydrogen-bond donors (Lipinski definition) is 0. The highest BCUT2D eigenvalue weighted by molar-refractivity contribution is 9.10. The van der Waals surface area contributed by atoms with Crippen molar-refractivity contribution in [1.82, 2.24) is 14.5 Å². The summed E-state index contributed by atoms with van der Waals surface area (Å²) < 4.78 is 7.95. The molecule has 1 unspecified atom stereocenters. The number of rotatable bonds is 5. The molecule has 2 aromatic heterocycles. The van der Waals surface area contributed by atoms with E-state index in [9.17, 15) is 4.79 Å². The first-order valence-electron chi connectivity index (χ1n) is 9.00. The van der Waals surface area contributed by atoms with Crippen molar-refractivity contribution in [3.05, 3.63) is 71.6 Å². The molecule has 0 saturated carbocycles. The molecule has 0 aliphatic carbocycles. The van der Waals surface area contributed by atoms with Crippen molar-refractivity contribution >= 4 is 44.7 Å². The van der Waals surface area contributed by atoms with E-state index in [4.69, 9.17) is 4.74 Å². The standard InChI is InChI=1S/C22H18BrN3O2S/c1-14(22(27)28-2)29-21-19-18(15-6-4-3-5-7-15)12-26(20(19)24-13-25-21)17-10-8-16(23)9-11-17/h3-14H,1-2H3. The number of carbonyl (C=O) groups excluding carboxylic acids is 1. The fourth-order valence-electron chi connectivity index (χ4n) is 3.14. The van der Waals surface area contributed by atoms with E-state index in [0.29, 0.717) is 0 Å². The minimum Gasteiger partial charge on any atom is -0.468 e. The highest BCUT2D eigenvalue weighted by atomic mass is 79.9. The summed E-state index contributed by atoms with van der Waals surface area (Å²) in [4.78, 5) is 21.0. The third-order valence-electron chi connectivity index (χ3n) is 4.56. The lowest BCUT2D eigenvalue weighted by Crippen LogP contribution is -2.14. The largest absolute Gasteiger partial charge is 0.468 e. The van der Waals surface area contributed by atoms with Crippen LogP contribution >= 0.6 is 27.7 Å². The Hall–Kier alpha value is -2.64. The number of thioether (sulfide) groups is 1. The summed E-state index contributed by atoms with van der Waals surface area (Å²) in [5.41, 5.74) is 3.87. The Bertz CT molecular complexity index is 1160. The predicted octanol–water partition coefficient (Wildman–Crippen LogP) is 5.50. The van der Waals surface area contributed by atoms with Crippen molar-refractivity contribution < 1.29 is 9.53 Å². The Labute approximate surface area is 181 Å². The number of benzene rings is 2. The van der Waals surface area contributed by atoms with E-state index >= 15 is 0 Å². The monoisotopic (exact) mass is 467 g/mol. The zero-order valence-electron chi connectivity index (χ0n) is 15.9. The van der Waals surface area contributed by atoms with Crippen LogP contribution in [0.4, 0.5) is 0 Å². The first-order chi connectivity index (χ1) is 14.1. The number of carbonyl (C=O) groups is 1. The van der Waals surface area contributed by atoms with E-state index in [-0.39, 0.29) is 11.2 Å². The molecule has 7 heteroatoms. The molecule has 2 aromatic carbocycles. The molecule has 0 saturated heterocycles. The van der Waals surface area contributed by atoms with Crippen LogP contribution in [-0.4, -0.2) is 32.9 Å². The summed E-state index contributed by atoms with van der Waals surface area (Å²) in [6.45, 7) is 1.82. The van der Waals surface area contributed by atoms with E-state index in [1.165, 1.54) is 18.9 Å². The molecule has 5 nitrogen and oxygen atoms in total. The van der Waals surface area contributed by atoms with Crippen LogP contribution in [0.3, 0.4) is 0 Å². The van der Waals surface area contributed by atoms with Gasteiger partial charge in [0.15, 0.2) is 0 Å². The average molecular weight is 468 g/mol. The predicted molar refractivity (Wildman–Crippen MR) is 119 cm³/mol. The number of aromatic nitrogens is 3. The first-order valence-corrected chi connectivity index (χ1v) is 10.7. The summed E-state index contributed by atoms with van der Waals surface area (Å²) in [5.74, 6) is -0.282. The second-order valence-corrected chi connectivity index (χ2v) is 8.66. The fraction of sp³-hybridized carbons (Fsp3) is 0.136. The van der Waals surface area contributed by atoms with Crippen LogP contribution < -0.4 is 0 Å². The SMILES string of the molecule is COC(=O)C(C)Sc1ncnc2c1c(-c1ccccc1)cn2-c1ccc(Br)cc1. The van der Waals surface area contributed by atoms with Gasteiger partial charge in [-0.05, 0) is 36.8 Å². The Morgan fingerprint density at radius 2 is 1.83 bits per heavy atom. The van der Waals surface area contributed by atoms with E-state index in [1.54, 1.807) is 6.33 Å². The first kappa shape index (κ1) is 19.7. The lowest BCUT2D eigenvalue weighted by atomic mass is 10.1. The topological polar surface area (TPSA) is 57.0 Å². The molecule has 2 heterocycles. The van der Waals surface area contributed by atoms with Crippen LogP contribution in [0.2, 0.25) is 0 Å². The van der Waals surface area contributed by atoms with Crippen molar-refractivity contribution in [2.45, 2.75) is 17.2 Å². The number of methoxy groups -OCH3 is 1. The second-order valence-electron chi connectivity index (χ2n) is 6.42. The van der Waals surface area contributed by atoms with E-state index in [1.807, 2.05) is 49.4 Å². The molecular weight excluding hydrogens is 450 g/mol. The third kappa shape index (κ3) is 3.93. The van der Waals surface area contributed by atoms with Gasteiger partial charge in [0.25, 0.3) is 0 Å². The van der Waals surface area contributed by atoms with Gasteiger partial charge in [0.05, 0.1) is 12.5 Å². The normalized spacial score (nSPS) is 12.1. The van der Waals surface area contributed by atoms with E-state index < -0.39 is 0 Å². The molecule has 0 amide bonds. The molecule has 1 atom stereocenters. The Morgan fingerprint density at radius 3 is 2.52 bits per heavy atom. The highest BCUT2D eigenvalue weighted by Crippen LogP contribution is 2.38. The zero-order chi connectivity index (χ0) is 20.4. The fourth-order valence-corrected chi connectivity index (χ4v) is 4.36. The third-order valence-corrected chi connectivity index (χ3v) is 6.17. The zero-order valence-corrected chi connectivity index (χ0v) is 18.3. The molecule has 0 spiro atoms. The molecule has 0 radical (unpaired) electrons. The minimum absolute atomic E-state index is 0.282. The van der Waals surface area contributed by atoms with Crippen LogP contribution in [0.15, 0.2) is 76.6 Å². The Kier molecular flexibility index (Phi) is 5.69. The van der Waals surface area contributed by atoms with Gasteiger partial charge in [-0.1, -0.05) is 58.0 Å². The molecule has 4 aromatic rings. The van der Waals surface area contributed by atoms with Gasteiger partial charge in [0.1, 0.15) is 22.3 Å². The molecule has 4 rings (SSSR count). The lowest BCUT2D eigenvalue weighted by Gasteiger charge is -2.10.